The SMILES string of the molecule is Cc1ccc(S(=O)(=O)N[C@@H]2CC[C@@]3(C)C(C2)C[C@H](O)[C@H]2[C@@H]4CC[C@H]([C@H](C)CCC(=O)NCCS(=O)(=O)O)[C@@]4(C)CC[C@@H]23)cc1. The molecule has 4 fully saturated rings. The summed E-state index contributed by atoms with van der Waals surface area (Å²) in [6.45, 7) is 8.89. The number of fused-ring (bicyclic) bond motifs is 5. The van der Waals surface area contributed by atoms with Crippen LogP contribution in [0.5, 0.6) is 0 Å². The summed E-state index contributed by atoms with van der Waals surface area (Å²) in [5, 5.41) is 14.3. The number of rotatable bonds is 10. The highest BCUT2D eigenvalue weighted by Gasteiger charge is 2.63. The zero-order chi connectivity index (χ0) is 32.1. The summed E-state index contributed by atoms with van der Waals surface area (Å²) in [5.74, 6) is 1.50. The van der Waals surface area contributed by atoms with Crippen LogP contribution >= 0.6 is 0 Å². The number of carbonyl (C=O) groups is 1. The number of aryl methyl sites for hydroxylation is 1. The molecule has 0 aliphatic heterocycles. The molecule has 4 aliphatic carbocycles. The second-order valence-electron chi connectivity index (χ2n) is 15.1. The van der Waals surface area contributed by atoms with Crippen LogP contribution in [0.3, 0.4) is 0 Å². The van der Waals surface area contributed by atoms with Gasteiger partial charge in [0.1, 0.15) is 0 Å². The van der Waals surface area contributed by atoms with Crippen LogP contribution < -0.4 is 10.0 Å². The van der Waals surface area contributed by atoms with Crippen molar-refractivity contribution < 1.29 is 31.3 Å². The molecular weight excluding hydrogens is 601 g/mol. The molecular formula is C33H52N2O7S2. The van der Waals surface area contributed by atoms with E-state index < -0.39 is 32.0 Å². The Hall–Kier alpha value is -1.53. The van der Waals surface area contributed by atoms with Gasteiger partial charge >= 0.3 is 0 Å². The van der Waals surface area contributed by atoms with Crippen molar-refractivity contribution in [3.05, 3.63) is 29.8 Å². The molecule has 0 spiro atoms. The van der Waals surface area contributed by atoms with Gasteiger partial charge in [-0.1, -0.05) is 38.5 Å². The molecule has 5 rings (SSSR count). The fourth-order valence-corrected chi connectivity index (χ4v) is 11.9. The molecule has 4 saturated carbocycles. The molecule has 4 N–H and O–H groups in total. The quantitative estimate of drug-likeness (QED) is 0.268. The van der Waals surface area contributed by atoms with E-state index in [2.05, 4.69) is 30.8 Å². The maximum atomic E-state index is 13.1. The van der Waals surface area contributed by atoms with Gasteiger partial charge in [0.15, 0.2) is 0 Å². The Morgan fingerprint density at radius 3 is 2.32 bits per heavy atom. The first-order valence-corrected chi connectivity index (χ1v) is 19.6. The number of sulfonamides is 1. The lowest BCUT2D eigenvalue weighted by Gasteiger charge is -2.62. The Labute approximate surface area is 264 Å². The predicted octanol–water partition coefficient (Wildman–Crippen LogP) is 4.69. The van der Waals surface area contributed by atoms with E-state index in [1.54, 1.807) is 12.1 Å². The Morgan fingerprint density at radius 1 is 0.977 bits per heavy atom. The number of aliphatic hydroxyl groups excluding tert-OH is 1. The molecule has 1 aromatic rings. The summed E-state index contributed by atoms with van der Waals surface area (Å²) < 4.78 is 60.0. The summed E-state index contributed by atoms with van der Waals surface area (Å²) in [6.07, 6.45) is 8.26. The Bertz CT molecular complexity index is 1420. The van der Waals surface area contributed by atoms with Gasteiger partial charge in [0.05, 0.1) is 16.8 Å². The zero-order valence-corrected chi connectivity index (χ0v) is 28.3. The van der Waals surface area contributed by atoms with Crippen LogP contribution in [-0.4, -0.2) is 56.8 Å². The van der Waals surface area contributed by atoms with Gasteiger partial charge in [0.25, 0.3) is 10.1 Å². The molecule has 1 aromatic carbocycles. The number of hydrogen-bond acceptors (Lipinski definition) is 6. The smallest absolute Gasteiger partial charge is 0.266 e. The Kier molecular flexibility index (Phi) is 9.67. The monoisotopic (exact) mass is 652 g/mol. The highest BCUT2D eigenvalue weighted by atomic mass is 32.2. The molecule has 10 atom stereocenters. The van der Waals surface area contributed by atoms with Crippen LogP contribution in [0.15, 0.2) is 29.2 Å². The van der Waals surface area contributed by atoms with Crippen molar-refractivity contribution in [1.29, 1.82) is 0 Å². The third kappa shape index (κ3) is 6.77. The first-order chi connectivity index (χ1) is 20.5. The lowest BCUT2D eigenvalue weighted by Crippen LogP contribution is -2.59. The molecule has 1 unspecified atom stereocenters. The van der Waals surface area contributed by atoms with Crippen molar-refractivity contribution >= 4 is 26.0 Å². The van der Waals surface area contributed by atoms with E-state index in [1.807, 2.05) is 19.1 Å². The van der Waals surface area contributed by atoms with Crippen LogP contribution in [-0.2, 0) is 24.9 Å². The lowest BCUT2D eigenvalue weighted by atomic mass is 9.43. The minimum absolute atomic E-state index is 0.0842. The van der Waals surface area contributed by atoms with Gasteiger partial charge < -0.3 is 10.4 Å². The van der Waals surface area contributed by atoms with Crippen LogP contribution in [0, 0.1) is 53.3 Å². The van der Waals surface area contributed by atoms with Gasteiger partial charge in [-0.05, 0) is 123 Å². The fraction of sp³-hybridized carbons (Fsp3) is 0.788. The molecule has 0 saturated heterocycles. The van der Waals surface area contributed by atoms with Crippen molar-refractivity contribution in [3.8, 4) is 0 Å². The second-order valence-corrected chi connectivity index (χ2v) is 18.4. The van der Waals surface area contributed by atoms with Crippen molar-refractivity contribution in [2.75, 3.05) is 12.3 Å². The van der Waals surface area contributed by atoms with E-state index in [-0.39, 0.29) is 41.2 Å². The molecule has 9 nitrogen and oxygen atoms in total. The molecule has 0 radical (unpaired) electrons. The zero-order valence-electron chi connectivity index (χ0n) is 26.7. The number of aliphatic hydroxyl groups is 1. The molecule has 44 heavy (non-hydrogen) atoms. The maximum absolute atomic E-state index is 13.1. The number of amides is 1. The highest BCUT2D eigenvalue weighted by molar-refractivity contribution is 7.89. The van der Waals surface area contributed by atoms with Crippen LogP contribution in [0.1, 0.15) is 90.5 Å². The van der Waals surface area contributed by atoms with E-state index in [0.29, 0.717) is 35.0 Å². The average Bonchev–Trinajstić information content (AvgIpc) is 3.29. The maximum Gasteiger partial charge on any atom is 0.266 e. The normalized spacial score (nSPS) is 37.8. The third-order valence-electron chi connectivity index (χ3n) is 12.6. The van der Waals surface area contributed by atoms with Crippen molar-refractivity contribution in [1.82, 2.24) is 10.0 Å². The number of carbonyl (C=O) groups excluding carboxylic acids is 1. The van der Waals surface area contributed by atoms with Gasteiger partial charge in [-0.15, -0.1) is 0 Å². The van der Waals surface area contributed by atoms with Crippen molar-refractivity contribution in [2.45, 2.75) is 109 Å². The van der Waals surface area contributed by atoms with E-state index in [9.17, 15) is 26.7 Å². The summed E-state index contributed by atoms with van der Waals surface area (Å²) in [6, 6.07) is 6.85. The van der Waals surface area contributed by atoms with Gasteiger partial charge in [-0.2, -0.15) is 8.42 Å². The van der Waals surface area contributed by atoms with Gasteiger partial charge in [-0.3, -0.25) is 9.35 Å². The van der Waals surface area contributed by atoms with E-state index in [0.717, 1.165) is 63.4 Å². The minimum Gasteiger partial charge on any atom is -0.393 e. The average molecular weight is 653 g/mol. The van der Waals surface area contributed by atoms with E-state index in [1.165, 1.54) is 0 Å². The summed E-state index contributed by atoms with van der Waals surface area (Å²) in [7, 11) is -7.69. The molecule has 0 heterocycles. The highest BCUT2D eigenvalue weighted by Crippen LogP contribution is 2.68. The van der Waals surface area contributed by atoms with E-state index >= 15 is 0 Å². The minimum atomic E-state index is -4.10. The summed E-state index contributed by atoms with van der Waals surface area (Å²) >= 11 is 0. The molecule has 0 aromatic heterocycles. The molecule has 4 aliphatic rings. The Balaban J connectivity index is 1.21. The first kappa shape index (κ1) is 33.8. The van der Waals surface area contributed by atoms with Crippen LogP contribution in [0.4, 0.5) is 0 Å². The number of nitrogens with one attached hydrogen (secondary N) is 2. The van der Waals surface area contributed by atoms with Crippen LogP contribution in [0.25, 0.3) is 0 Å². The summed E-state index contributed by atoms with van der Waals surface area (Å²) in [5.41, 5.74) is 1.21. The van der Waals surface area contributed by atoms with Crippen LogP contribution in [0.2, 0.25) is 0 Å². The predicted molar refractivity (Wildman–Crippen MR) is 170 cm³/mol. The standard InChI is InChI=1S/C33H52N2O7S2/c1-21-5-8-25(9-6-21)44(41,42)35-24-13-15-32(3)23(19-24)20-29(36)31-27-11-10-26(33(27,4)16-14-28(31)32)22(2)7-12-30(37)34-17-18-43(38,39)40/h5-6,8-9,22-24,26-29,31,35-36H,7,10-20H2,1-4H3,(H,34,37)(H,38,39,40)/t22-,23?,24-,26-,27+,28+,29+,31+,32+,33-/m1/s1. The third-order valence-corrected chi connectivity index (χ3v) is 14.9. The van der Waals surface area contributed by atoms with Crippen molar-refractivity contribution in [3.63, 3.8) is 0 Å². The Morgan fingerprint density at radius 2 is 1.64 bits per heavy atom. The number of hydrogen-bond donors (Lipinski definition) is 4. The number of benzene rings is 1. The first-order valence-electron chi connectivity index (χ1n) is 16.5. The molecule has 248 valence electrons. The molecule has 0 bridgehead atoms. The summed E-state index contributed by atoms with van der Waals surface area (Å²) in [4.78, 5) is 12.6. The van der Waals surface area contributed by atoms with Gasteiger partial charge in [0, 0.05) is 19.0 Å². The largest absolute Gasteiger partial charge is 0.393 e. The van der Waals surface area contributed by atoms with Crippen molar-refractivity contribution in [2.24, 2.45) is 46.3 Å². The fourth-order valence-electron chi connectivity index (χ4n) is 10.3. The lowest BCUT2D eigenvalue weighted by molar-refractivity contribution is -0.166. The second kappa shape index (κ2) is 12.6. The van der Waals surface area contributed by atoms with Gasteiger partial charge in [-0.25, -0.2) is 13.1 Å². The van der Waals surface area contributed by atoms with Gasteiger partial charge in [0.2, 0.25) is 15.9 Å². The topological polar surface area (TPSA) is 150 Å². The van der Waals surface area contributed by atoms with E-state index in [4.69, 9.17) is 4.55 Å². The molecule has 1 amide bonds. The molecule has 11 heteroatoms.